The van der Waals surface area contributed by atoms with E-state index in [-0.39, 0.29) is 24.2 Å². The Balaban J connectivity index is 1.19. The Bertz CT molecular complexity index is 2000. The number of halogens is 1. The van der Waals surface area contributed by atoms with Crippen molar-refractivity contribution >= 4 is 34.2 Å². The first kappa shape index (κ1) is 29.2. The molecule has 0 radical (unpaired) electrons. The molecule has 1 atom stereocenters. The van der Waals surface area contributed by atoms with Crippen molar-refractivity contribution in [2.24, 2.45) is 0 Å². The minimum Gasteiger partial charge on any atom is -0.488 e. The van der Waals surface area contributed by atoms with Gasteiger partial charge in [-0.15, -0.1) is 5.10 Å². The summed E-state index contributed by atoms with van der Waals surface area (Å²) in [6, 6.07) is 17.9. The van der Waals surface area contributed by atoms with E-state index in [1.165, 1.54) is 10.6 Å². The molecule has 1 aliphatic rings. The van der Waals surface area contributed by atoms with Crippen molar-refractivity contribution in [2.75, 3.05) is 57.1 Å². The van der Waals surface area contributed by atoms with Crippen LogP contribution in [-0.4, -0.2) is 86.7 Å². The highest BCUT2D eigenvalue weighted by molar-refractivity contribution is 5.94. The van der Waals surface area contributed by atoms with E-state index in [0.29, 0.717) is 61.1 Å². The molecule has 2 aromatic carbocycles. The van der Waals surface area contributed by atoms with Crippen LogP contribution in [0.5, 0.6) is 5.75 Å². The van der Waals surface area contributed by atoms with Gasteiger partial charge in [0.25, 0.3) is 5.91 Å². The average molecular weight is 626 g/mol. The van der Waals surface area contributed by atoms with Crippen LogP contribution in [0, 0.1) is 5.82 Å². The summed E-state index contributed by atoms with van der Waals surface area (Å²) in [5, 5.41) is 9.76. The monoisotopic (exact) mass is 625 g/mol. The molecule has 1 unspecified atom stereocenters. The third-order valence-corrected chi connectivity index (χ3v) is 8.34. The van der Waals surface area contributed by atoms with Crippen LogP contribution in [0.4, 0.5) is 16.0 Å². The highest BCUT2D eigenvalue weighted by Crippen LogP contribution is 2.34. The lowest BCUT2D eigenvalue weighted by Gasteiger charge is -2.40. The smallest absolute Gasteiger partial charge is 0.255 e. The predicted molar refractivity (Wildman–Crippen MR) is 168 cm³/mol. The number of anilines is 2. The van der Waals surface area contributed by atoms with Gasteiger partial charge in [-0.1, -0.05) is 30.3 Å². The number of hydrogen-bond acceptors (Lipinski definition) is 10. The van der Waals surface area contributed by atoms with Crippen molar-refractivity contribution in [3.05, 3.63) is 84.5 Å². The molecular formula is C32H32FN9O4. The van der Waals surface area contributed by atoms with Crippen LogP contribution in [0.1, 0.15) is 12.5 Å². The highest BCUT2D eigenvalue weighted by Gasteiger charge is 2.43. The molecule has 5 heterocycles. The van der Waals surface area contributed by atoms with Crippen LogP contribution in [0.2, 0.25) is 0 Å². The van der Waals surface area contributed by atoms with Crippen LogP contribution in [0.15, 0.2) is 77.5 Å². The molecule has 4 aromatic heterocycles. The first-order chi connectivity index (χ1) is 22.4. The van der Waals surface area contributed by atoms with Crippen LogP contribution < -0.4 is 15.4 Å². The number of fused-ring (bicyclic) bond motifs is 3. The van der Waals surface area contributed by atoms with Crippen molar-refractivity contribution < 1.29 is 23.1 Å². The largest absolute Gasteiger partial charge is 0.488 e. The Morgan fingerprint density at radius 1 is 1.02 bits per heavy atom. The Labute approximate surface area is 262 Å². The molecule has 0 saturated carbocycles. The van der Waals surface area contributed by atoms with Gasteiger partial charge in [-0.2, -0.15) is 14.6 Å². The third-order valence-electron chi connectivity index (χ3n) is 8.34. The number of ether oxygens (including phenoxy) is 2. The fourth-order valence-electron chi connectivity index (χ4n) is 5.86. The number of carbonyl (C=O) groups is 1. The van der Waals surface area contributed by atoms with E-state index in [4.69, 9.17) is 24.7 Å². The van der Waals surface area contributed by atoms with Crippen molar-refractivity contribution in [3.8, 4) is 17.3 Å². The van der Waals surface area contributed by atoms with Gasteiger partial charge in [0.15, 0.2) is 34.2 Å². The Kier molecular flexibility index (Phi) is 7.48. The molecule has 1 saturated heterocycles. The van der Waals surface area contributed by atoms with Crippen LogP contribution >= 0.6 is 0 Å². The molecule has 1 aliphatic heterocycles. The van der Waals surface area contributed by atoms with Gasteiger partial charge in [0.05, 0.1) is 24.5 Å². The van der Waals surface area contributed by atoms with Crippen LogP contribution in [0.25, 0.3) is 28.3 Å². The van der Waals surface area contributed by atoms with Crippen LogP contribution in [-0.2, 0) is 15.1 Å². The molecule has 6 aromatic rings. The van der Waals surface area contributed by atoms with E-state index >= 15 is 0 Å². The first-order valence-corrected chi connectivity index (χ1v) is 14.8. The van der Waals surface area contributed by atoms with E-state index in [1.807, 2.05) is 48.2 Å². The van der Waals surface area contributed by atoms with E-state index in [0.717, 1.165) is 11.3 Å². The fraction of sp³-hybridized carbons (Fsp3) is 0.281. The Hall–Kier alpha value is -5.50. The maximum absolute atomic E-state index is 14.8. The predicted octanol–water partition coefficient (Wildman–Crippen LogP) is 3.59. The number of amides is 1. The van der Waals surface area contributed by atoms with Crippen molar-refractivity contribution in [1.29, 1.82) is 0 Å². The Morgan fingerprint density at radius 2 is 1.83 bits per heavy atom. The van der Waals surface area contributed by atoms with E-state index in [9.17, 15) is 9.18 Å². The molecular weight excluding hydrogens is 593 g/mol. The highest BCUT2D eigenvalue weighted by atomic mass is 19.1. The number of carbonyl (C=O) groups excluding carboxylic acids is 1. The summed E-state index contributed by atoms with van der Waals surface area (Å²) < 4.78 is 33.7. The summed E-state index contributed by atoms with van der Waals surface area (Å²) in [6.07, 6.45) is 3.17. The summed E-state index contributed by atoms with van der Waals surface area (Å²) in [5.41, 5.74) is 7.39. The first-order valence-electron chi connectivity index (χ1n) is 14.8. The number of methoxy groups -OCH3 is 1. The number of piperazine rings is 1. The van der Waals surface area contributed by atoms with E-state index in [2.05, 4.69) is 20.0 Å². The molecule has 7 rings (SSSR count). The molecule has 2 N–H and O–H groups in total. The third kappa shape index (κ3) is 4.96. The molecule has 13 nitrogen and oxygen atoms in total. The summed E-state index contributed by atoms with van der Waals surface area (Å²) in [4.78, 5) is 27.8. The molecule has 0 spiro atoms. The zero-order valence-corrected chi connectivity index (χ0v) is 25.3. The molecule has 1 fully saturated rings. The number of nitrogen functional groups attached to an aromatic ring is 1. The lowest BCUT2D eigenvalue weighted by Crippen LogP contribution is -2.56. The van der Waals surface area contributed by atoms with Gasteiger partial charge in [-0.25, -0.2) is 14.1 Å². The van der Waals surface area contributed by atoms with Gasteiger partial charge in [-0.05, 0) is 36.8 Å². The zero-order chi connectivity index (χ0) is 31.8. The topological polar surface area (TPSA) is 142 Å². The minimum atomic E-state index is -1.28. The lowest BCUT2D eigenvalue weighted by molar-refractivity contribution is -0.138. The summed E-state index contributed by atoms with van der Waals surface area (Å²) in [5.74, 6) is 0.504. The number of nitrogens with two attached hydrogens (primary N) is 1. The lowest BCUT2D eigenvalue weighted by atomic mass is 9.90. The van der Waals surface area contributed by atoms with Crippen LogP contribution in [0.3, 0.4) is 0 Å². The second-order valence-corrected chi connectivity index (χ2v) is 11.1. The summed E-state index contributed by atoms with van der Waals surface area (Å²) in [7, 11) is 1.56. The molecule has 14 heteroatoms. The number of furan rings is 1. The minimum absolute atomic E-state index is 0.0911. The molecule has 1 amide bonds. The van der Waals surface area contributed by atoms with Gasteiger partial charge in [0.2, 0.25) is 11.8 Å². The molecule has 46 heavy (non-hydrogen) atoms. The van der Waals surface area contributed by atoms with Gasteiger partial charge in [0.1, 0.15) is 6.61 Å². The maximum Gasteiger partial charge on any atom is 0.255 e. The quantitative estimate of drug-likeness (QED) is 0.237. The van der Waals surface area contributed by atoms with E-state index < -0.39 is 11.4 Å². The summed E-state index contributed by atoms with van der Waals surface area (Å²) in [6.45, 7) is 4.34. The second-order valence-electron chi connectivity index (χ2n) is 11.1. The van der Waals surface area contributed by atoms with Crippen molar-refractivity contribution in [2.45, 2.75) is 12.5 Å². The number of benzene rings is 2. The maximum atomic E-state index is 14.8. The van der Waals surface area contributed by atoms with Gasteiger partial charge in [0, 0.05) is 45.0 Å². The van der Waals surface area contributed by atoms with Gasteiger partial charge >= 0.3 is 0 Å². The SMILES string of the molecule is COCCOc1ccc(N2CCN(C(=O)C(C)(c3ccccc3)n3ncc4c3nc(N)n3nc(-c5ccco5)nc43)CC2)cc1F. The van der Waals surface area contributed by atoms with Gasteiger partial charge < -0.3 is 29.4 Å². The number of nitrogens with zero attached hydrogens (tertiary/aromatic N) is 8. The van der Waals surface area contributed by atoms with Gasteiger partial charge in [-0.3, -0.25) is 4.79 Å². The standard InChI is InChI=1S/C32H32FN9O4/c1-32(21-7-4-3-5-8-21,30(43)40-14-12-39(13-15-40)22-10-11-25(24(33)19-22)46-18-17-44-2)42-29-23(20-35-42)28-36-27(26-9-6-16-45-26)38-41(28)31(34)37-29/h3-11,16,19-20H,12-15,17-18H2,1-2H3,(H2,34,37). The molecule has 0 aliphatic carbocycles. The summed E-state index contributed by atoms with van der Waals surface area (Å²) >= 11 is 0. The fourth-order valence-corrected chi connectivity index (χ4v) is 5.86. The van der Waals surface area contributed by atoms with Crippen molar-refractivity contribution in [3.63, 3.8) is 0 Å². The zero-order valence-electron chi connectivity index (χ0n) is 25.3. The van der Waals surface area contributed by atoms with E-state index in [1.54, 1.807) is 42.5 Å². The number of rotatable bonds is 9. The molecule has 0 bridgehead atoms. The number of aromatic nitrogens is 6. The number of hydrogen-bond donors (Lipinski definition) is 1. The normalized spacial score (nSPS) is 15.0. The average Bonchev–Trinajstić information content (AvgIpc) is 3.86. The second kappa shape index (κ2) is 11.8. The Morgan fingerprint density at radius 3 is 2.54 bits per heavy atom. The van der Waals surface area contributed by atoms with Crippen molar-refractivity contribution in [1.82, 2.24) is 34.3 Å². The molecule has 236 valence electrons.